The molecule has 160 valence electrons. The smallest absolute Gasteiger partial charge is 0.266 e. The maximum atomic E-state index is 13.0. The van der Waals surface area contributed by atoms with Crippen molar-refractivity contribution in [1.29, 1.82) is 0 Å². The van der Waals surface area contributed by atoms with Crippen LogP contribution in [0.3, 0.4) is 0 Å². The number of rotatable bonds is 6. The van der Waals surface area contributed by atoms with Gasteiger partial charge in [0.2, 0.25) is 15.9 Å². The number of carbonyl (C=O) groups excluding carboxylic acids is 1. The molecule has 0 aliphatic carbocycles. The van der Waals surface area contributed by atoms with Gasteiger partial charge in [-0.3, -0.25) is 4.79 Å². The number of aromatic nitrogens is 2. The van der Waals surface area contributed by atoms with Gasteiger partial charge in [-0.1, -0.05) is 0 Å². The van der Waals surface area contributed by atoms with Crippen molar-refractivity contribution < 1.29 is 22.7 Å². The summed E-state index contributed by atoms with van der Waals surface area (Å²) in [6.45, 7) is 5.54. The lowest BCUT2D eigenvalue weighted by atomic mass is 10.1. The first kappa shape index (κ1) is 22.1. The Morgan fingerprint density at radius 1 is 1.17 bits per heavy atom. The molecule has 1 aromatic carbocycles. The summed E-state index contributed by atoms with van der Waals surface area (Å²) in [6.07, 6.45) is 0. The Balaban J connectivity index is 2.06. The summed E-state index contributed by atoms with van der Waals surface area (Å²) in [5.41, 5.74) is 2.49. The fraction of sp³-hybridized carbons (Fsp3) is 0.316. The molecule has 0 unspecified atom stereocenters. The average molecular weight is 451 g/mol. The number of primary sulfonamides is 1. The third-order valence-electron chi connectivity index (χ3n) is 4.69. The number of nitrogens with zero attached hydrogens (tertiary/aromatic N) is 2. The quantitative estimate of drug-likeness (QED) is 0.590. The van der Waals surface area contributed by atoms with E-state index in [4.69, 9.17) is 14.6 Å². The van der Waals surface area contributed by atoms with Crippen LogP contribution in [0.4, 0.5) is 5.69 Å². The molecular weight excluding hydrogens is 428 g/mol. The predicted octanol–water partition coefficient (Wildman–Crippen LogP) is 2.67. The molecule has 0 saturated carbocycles. The summed E-state index contributed by atoms with van der Waals surface area (Å²) in [7, 11) is -0.868. The number of hydrogen-bond donors (Lipinski definition) is 2. The van der Waals surface area contributed by atoms with Crippen LogP contribution in [0.2, 0.25) is 0 Å². The van der Waals surface area contributed by atoms with Gasteiger partial charge in [0.15, 0.2) is 5.82 Å². The van der Waals surface area contributed by atoms with Crippen LogP contribution < -0.4 is 15.2 Å². The highest BCUT2D eigenvalue weighted by atomic mass is 32.2. The van der Waals surface area contributed by atoms with Gasteiger partial charge < -0.3 is 14.8 Å². The summed E-state index contributed by atoms with van der Waals surface area (Å²) in [5, 5.41) is 8.70. The van der Waals surface area contributed by atoms with E-state index in [-0.39, 0.29) is 17.4 Å². The van der Waals surface area contributed by atoms with Crippen LogP contribution in [-0.4, -0.2) is 38.5 Å². The lowest BCUT2D eigenvalue weighted by molar-refractivity contribution is 0.103. The van der Waals surface area contributed by atoms with Crippen molar-refractivity contribution in [2.24, 2.45) is 5.14 Å². The molecule has 9 nitrogen and oxygen atoms in total. The Morgan fingerprint density at radius 3 is 2.47 bits per heavy atom. The van der Waals surface area contributed by atoms with E-state index < -0.39 is 10.0 Å². The lowest BCUT2D eigenvalue weighted by Gasteiger charge is -2.12. The van der Waals surface area contributed by atoms with E-state index in [9.17, 15) is 13.2 Å². The van der Waals surface area contributed by atoms with Crippen LogP contribution in [0.15, 0.2) is 17.0 Å². The van der Waals surface area contributed by atoms with Gasteiger partial charge in [0.25, 0.3) is 5.91 Å². The number of aryl methyl sites for hydroxylation is 2. The van der Waals surface area contributed by atoms with Crippen LogP contribution in [-0.2, 0) is 21.4 Å². The number of thiophene rings is 1. The zero-order valence-electron chi connectivity index (χ0n) is 17.2. The van der Waals surface area contributed by atoms with E-state index in [1.54, 1.807) is 27.9 Å². The number of amides is 1. The van der Waals surface area contributed by atoms with Crippen molar-refractivity contribution in [3.05, 3.63) is 39.5 Å². The third-order valence-corrected chi connectivity index (χ3v) is 6.77. The second kappa shape index (κ2) is 8.26. The first-order valence-electron chi connectivity index (χ1n) is 8.85. The predicted molar refractivity (Wildman–Crippen MR) is 115 cm³/mol. The largest absolute Gasteiger partial charge is 0.480 e. The molecule has 3 aromatic rings. The topological polar surface area (TPSA) is 134 Å². The van der Waals surface area contributed by atoms with Crippen LogP contribution in [0.5, 0.6) is 5.88 Å². The van der Waals surface area contributed by atoms with Gasteiger partial charge in [0, 0.05) is 12.8 Å². The molecule has 0 fully saturated rings. The SMILES string of the molecule is COCc1nc(OC)c2c(C)c(C(=O)Nc3cc(S(N)(=O)=O)cc(C)c3C)sc2n1. The summed E-state index contributed by atoms with van der Waals surface area (Å²) in [6, 6.07) is 2.83. The van der Waals surface area contributed by atoms with Crippen molar-refractivity contribution in [2.75, 3.05) is 19.5 Å². The number of hydrogen-bond acceptors (Lipinski definition) is 8. The van der Waals surface area contributed by atoms with E-state index in [1.807, 2.05) is 0 Å². The molecule has 2 heterocycles. The number of nitrogens with two attached hydrogens (primary N) is 1. The molecular formula is C19H22N4O5S2. The number of sulfonamides is 1. The Kier molecular flexibility index (Phi) is 6.09. The Morgan fingerprint density at radius 2 is 1.87 bits per heavy atom. The molecule has 0 bridgehead atoms. The molecule has 30 heavy (non-hydrogen) atoms. The van der Waals surface area contributed by atoms with Gasteiger partial charge in [-0.15, -0.1) is 11.3 Å². The monoisotopic (exact) mass is 450 g/mol. The molecule has 3 rings (SSSR count). The zero-order chi connectivity index (χ0) is 22.2. The number of anilines is 1. The van der Waals surface area contributed by atoms with Crippen LogP contribution in [0, 0.1) is 20.8 Å². The van der Waals surface area contributed by atoms with Crippen molar-refractivity contribution in [1.82, 2.24) is 9.97 Å². The Labute approximate surface area is 178 Å². The first-order chi connectivity index (χ1) is 14.1. The summed E-state index contributed by atoms with van der Waals surface area (Å²) in [5.74, 6) is 0.422. The highest BCUT2D eigenvalue weighted by Crippen LogP contribution is 2.36. The Hall–Kier alpha value is -2.60. The average Bonchev–Trinajstić information content (AvgIpc) is 3.00. The van der Waals surface area contributed by atoms with Gasteiger partial charge in [0.1, 0.15) is 11.4 Å². The zero-order valence-corrected chi connectivity index (χ0v) is 18.8. The molecule has 3 N–H and O–H groups in total. The van der Waals surface area contributed by atoms with Gasteiger partial charge in [-0.05, 0) is 49.6 Å². The maximum absolute atomic E-state index is 13.0. The molecule has 0 saturated heterocycles. The van der Waals surface area contributed by atoms with E-state index >= 15 is 0 Å². The van der Waals surface area contributed by atoms with Gasteiger partial charge in [0.05, 0.1) is 22.3 Å². The van der Waals surface area contributed by atoms with Gasteiger partial charge in [-0.2, -0.15) is 4.98 Å². The van der Waals surface area contributed by atoms with E-state index in [0.29, 0.717) is 43.6 Å². The number of methoxy groups -OCH3 is 2. The molecule has 11 heteroatoms. The summed E-state index contributed by atoms with van der Waals surface area (Å²) >= 11 is 1.20. The minimum atomic E-state index is -3.91. The lowest BCUT2D eigenvalue weighted by Crippen LogP contribution is -2.16. The molecule has 0 atom stereocenters. The molecule has 1 amide bonds. The molecule has 0 aliphatic heterocycles. The Bertz CT molecular complexity index is 1250. The highest BCUT2D eigenvalue weighted by molar-refractivity contribution is 7.89. The molecule has 0 aliphatic rings. The third kappa shape index (κ3) is 4.15. The number of fused-ring (bicyclic) bond motifs is 1. The van der Waals surface area contributed by atoms with Crippen molar-refractivity contribution in [3.8, 4) is 5.88 Å². The normalized spacial score (nSPS) is 11.7. The van der Waals surface area contributed by atoms with Crippen molar-refractivity contribution in [3.63, 3.8) is 0 Å². The second-order valence-electron chi connectivity index (χ2n) is 6.73. The summed E-state index contributed by atoms with van der Waals surface area (Å²) in [4.78, 5) is 22.8. The minimum Gasteiger partial charge on any atom is -0.480 e. The van der Waals surface area contributed by atoms with E-state index in [0.717, 1.165) is 5.56 Å². The fourth-order valence-corrected chi connectivity index (χ4v) is 4.71. The van der Waals surface area contributed by atoms with Crippen LogP contribution in [0.1, 0.15) is 32.2 Å². The number of nitrogens with one attached hydrogen (secondary N) is 1. The van der Waals surface area contributed by atoms with Gasteiger partial charge in [-0.25, -0.2) is 18.5 Å². The number of carbonyl (C=O) groups is 1. The van der Waals surface area contributed by atoms with Crippen LogP contribution >= 0.6 is 11.3 Å². The standard InChI is InChI=1S/C19H22N4O5S2/c1-9-6-12(30(20,25)26)7-13(10(9)2)21-17(24)16-11(3)15-18(28-5)22-14(8-27-4)23-19(15)29-16/h6-7H,8H2,1-5H3,(H,21,24)(H2,20,25,26). The number of benzene rings is 1. The first-order valence-corrected chi connectivity index (χ1v) is 11.2. The molecule has 0 radical (unpaired) electrons. The highest BCUT2D eigenvalue weighted by Gasteiger charge is 2.22. The number of ether oxygens (including phenoxy) is 2. The van der Waals surface area contributed by atoms with Crippen molar-refractivity contribution in [2.45, 2.75) is 32.3 Å². The molecule has 0 spiro atoms. The van der Waals surface area contributed by atoms with E-state index in [1.165, 1.54) is 30.6 Å². The van der Waals surface area contributed by atoms with Gasteiger partial charge >= 0.3 is 0 Å². The van der Waals surface area contributed by atoms with Crippen LogP contribution in [0.25, 0.3) is 10.2 Å². The fourth-order valence-electron chi connectivity index (χ4n) is 3.00. The maximum Gasteiger partial charge on any atom is 0.266 e. The van der Waals surface area contributed by atoms with Crippen molar-refractivity contribution >= 4 is 43.2 Å². The second-order valence-corrected chi connectivity index (χ2v) is 9.29. The molecule has 2 aromatic heterocycles. The van der Waals surface area contributed by atoms with E-state index in [2.05, 4.69) is 15.3 Å². The summed E-state index contributed by atoms with van der Waals surface area (Å²) < 4.78 is 34.0. The minimum absolute atomic E-state index is 0.0642.